The Morgan fingerprint density at radius 3 is 2.16 bits per heavy atom. The lowest BCUT2D eigenvalue weighted by Gasteiger charge is -2.46. The number of carbonyl (C=O) groups is 2. The summed E-state index contributed by atoms with van der Waals surface area (Å²) in [5.74, 6) is -3.08. The van der Waals surface area contributed by atoms with Gasteiger partial charge in [-0.15, -0.1) is 0 Å². The third kappa shape index (κ3) is 3.48. The molecule has 31 heavy (non-hydrogen) atoms. The van der Waals surface area contributed by atoms with E-state index in [1.54, 1.807) is 12.1 Å². The molecule has 0 radical (unpaired) electrons. The SMILES string of the molecule is COc1ccc(C2(C(=O)O)CC(C)(C(=O)O)C(N)=CC2c2ccc(F)cc2)cc1OC. The van der Waals surface area contributed by atoms with Crippen molar-refractivity contribution in [3.8, 4) is 11.5 Å². The highest BCUT2D eigenvalue weighted by Gasteiger charge is 2.57. The molecular weight excluding hydrogens is 405 g/mol. The number of hydrogen-bond acceptors (Lipinski definition) is 5. The molecule has 0 amide bonds. The van der Waals surface area contributed by atoms with Crippen LogP contribution in [0.25, 0.3) is 0 Å². The van der Waals surface area contributed by atoms with E-state index in [-0.39, 0.29) is 12.1 Å². The summed E-state index contributed by atoms with van der Waals surface area (Å²) in [6, 6.07) is 10.1. The molecule has 2 aromatic rings. The van der Waals surface area contributed by atoms with Gasteiger partial charge >= 0.3 is 11.9 Å². The monoisotopic (exact) mass is 429 g/mol. The van der Waals surface area contributed by atoms with Gasteiger partial charge in [0.15, 0.2) is 11.5 Å². The molecule has 0 saturated carbocycles. The van der Waals surface area contributed by atoms with Crippen LogP contribution >= 0.6 is 0 Å². The van der Waals surface area contributed by atoms with Crippen LogP contribution in [0.3, 0.4) is 0 Å². The quantitative estimate of drug-likeness (QED) is 0.645. The van der Waals surface area contributed by atoms with Gasteiger partial charge < -0.3 is 25.4 Å². The molecule has 2 aromatic carbocycles. The first-order valence-corrected chi connectivity index (χ1v) is 9.52. The van der Waals surface area contributed by atoms with Crippen molar-refractivity contribution in [2.45, 2.75) is 24.7 Å². The van der Waals surface area contributed by atoms with Gasteiger partial charge in [-0.2, -0.15) is 0 Å². The number of aliphatic carboxylic acids is 2. The molecule has 0 fully saturated rings. The number of methoxy groups -OCH3 is 2. The van der Waals surface area contributed by atoms with Crippen molar-refractivity contribution < 1.29 is 33.7 Å². The van der Waals surface area contributed by atoms with Gasteiger partial charge in [-0.1, -0.05) is 24.3 Å². The molecule has 164 valence electrons. The van der Waals surface area contributed by atoms with Crippen molar-refractivity contribution in [2.24, 2.45) is 11.1 Å². The average molecular weight is 429 g/mol. The molecule has 3 atom stereocenters. The van der Waals surface area contributed by atoms with Gasteiger partial charge in [0.2, 0.25) is 0 Å². The molecule has 3 rings (SSSR count). The van der Waals surface area contributed by atoms with Gasteiger partial charge in [-0.05, 0) is 48.7 Å². The second-order valence-corrected chi connectivity index (χ2v) is 7.81. The summed E-state index contributed by atoms with van der Waals surface area (Å²) in [6.45, 7) is 1.40. The first-order valence-electron chi connectivity index (χ1n) is 9.52. The zero-order valence-corrected chi connectivity index (χ0v) is 17.4. The molecule has 0 aromatic heterocycles. The summed E-state index contributed by atoms with van der Waals surface area (Å²) < 4.78 is 24.1. The molecule has 7 nitrogen and oxygen atoms in total. The molecule has 4 N–H and O–H groups in total. The van der Waals surface area contributed by atoms with E-state index in [1.807, 2.05) is 0 Å². The normalized spacial score (nSPS) is 25.4. The van der Waals surface area contributed by atoms with E-state index in [0.717, 1.165) is 0 Å². The number of halogens is 1. The van der Waals surface area contributed by atoms with Gasteiger partial charge in [-0.3, -0.25) is 9.59 Å². The summed E-state index contributed by atoms with van der Waals surface area (Å²) in [5, 5.41) is 20.4. The van der Waals surface area contributed by atoms with E-state index in [1.165, 1.54) is 57.6 Å². The first kappa shape index (κ1) is 22.1. The van der Waals surface area contributed by atoms with Gasteiger partial charge in [0.25, 0.3) is 0 Å². The van der Waals surface area contributed by atoms with Crippen LogP contribution in [-0.4, -0.2) is 36.4 Å². The summed E-state index contributed by atoms with van der Waals surface area (Å²) in [5.41, 5.74) is 3.67. The van der Waals surface area contributed by atoms with Crippen LogP contribution in [0.1, 0.15) is 30.4 Å². The zero-order chi connectivity index (χ0) is 23.0. The maximum Gasteiger partial charge on any atom is 0.315 e. The maximum atomic E-state index is 13.6. The van der Waals surface area contributed by atoms with E-state index in [4.69, 9.17) is 15.2 Å². The Balaban J connectivity index is 2.35. The Morgan fingerprint density at radius 1 is 1.03 bits per heavy atom. The van der Waals surface area contributed by atoms with Crippen LogP contribution in [-0.2, 0) is 15.0 Å². The number of carboxylic acids is 2. The molecule has 3 unspecified atom stereocenters. The van der Waals surface area contributed by atoms with Crippen molar-refractivity contribution in [3.63, 3.8) is 0 Å². The van der Waals surface area contributed by atoms with Crippen molar-refractivity contribution in [1.29, 1.82) is 0 Å². The standard InChI is InChI=1S/C23H24FNO6/c1-22(20(26)27)12-23(21(28)29,14-6-9-17(30-2)18(10-14)31-3)16(11-19(22)25)13-4-7-15(24)8-5-13/h4-11,16H,12,25H2,1-3H3,(H,26,27)(H,28,29). The van der Waals surface area contributed by atoms with Crippen molar-refractivity contribution in [3.05, 3.63) is 71.2 Å². The molecule has 0 heterocycles. The Labute approximate surface area is 178 Å². The third-order valence-electron chi connectivity index (χ3n) is 6.13. The molecule has 0 bridgehead atoms. The van der Waals surface area contributed by atoms with Crippen LogP contribution in [0.15, 0.2) is 54.2 Å². The van der Waals surface area contributed by atoms with Gasteiger partial charge in [0, 0.05) is 11.6 Å². The highest BCUT2D eigenvalue weighted by molar-refractivity contribution is 5.88. The fourth-order valence-electron chi connectivity index (χ4n) is 4.25. The fourth-order valence-corrected chi connectivity index (χ4v) is 4.25. The summed E-state index contributed by atoms with van der Waals surface area (Å²) in [6.07, 6.45) is 1.14. The highest BCUT2D eigenvalue weighted by atomic mass is 19.1. The number of benzene rings is 2. The van der Waals surface area contributed by atoms with Crippen LogP contribution in [0.5, 0.6) is 11.5 Å². The second kappa shape index (κ2) is 7.94. The minimum absolute atomic E-state index is 0.0478. The van der Waals surface area contributed by atoms with Crippen LogP contribution in [0.2, 0.25) is 0 Å². The highest BCUT2D eigenvalue weighted by Crippen LogP contribution is 2.54. The smallest absolute Gasteiger partial charge is 0.315 e. The molecule has 0 aliphatic heterocycles. The number of hydrogen-bond donors (Lipinski definition) is 3. The van der Waals surface area contributed by atoms with E-state index in [0.29, 0.717) is 22.6 Å². The number of rotatable bonds is 6. The molecule has 1 aliphatic rings. The van der Waals surface area contributed by atoms with E-state index < -0.39 is 34.5 Å². The predicted molar refractivity (Wildman–Crippen MR) is 111 cm³/mol. The number of carboxylic acid groups (broad SMARTS) is 2. The maximum absolute atomic E-state index is 13.6. The Morgan fingerprint density at radius 2 is 1.65 bits per heavy atom. The number of nitrogens with two attached hydrogens (primary N) is 1. The largest absolute Gasteiger partial charge is 0.493 e. The lowest BCUT2D eigenvalue weighted by atomic mass is 9.55. The Kier molecular flexibility index (Phi) is 5.67. The second-order valence-electron chi connectivity index (χ2n) is 7.81. The van der Waals surface area contributed by atoms with Gasteiger partial charge in [0.05, 0.1) is 14.2 Å². The minimum atomic E-state index is -1.71. The summed E-state index contributed by atoms with van der Waals surface area (Å²) in [4.78, 5) is 25.0. The first-order chi connectivity index (χ1) is 14.6. The summed E-state index contributed by atoms with van der Waals surface area (Å²) in [7, 11) is 2.88. The Bertz CT molecular complexity index is 1050. The molecular formula is C23H24FNO6. The van der Waals surface area contributed by atoms with E-state index >= 15 is 0 Å². The molecule has 0 saturated heterocycles. The predicted octanol–water partition coefficient (Wildman–Crippen LogP) is 3.29. The average Bonchev–Trinajstić information content (AvgIpc) is 2.75. The molecule has 0 spiro atoms. The topological polar surface area (TPSA) is 119 Å². The van der Waals surface area contributed by atoms with Gasteiger partial charge in [0.1, 0.15) is 16.6 Å². The Hall–Kier alpha value is -3.55. The molecule has 8 heteroatoms. The van der Waals surface area contributed by atoms with E-state index in [2.05, 4.69) is 0 Å². The van der Waals surface area contributed by atoms with Gasteiger partial charge in [-0.25, -0.2) is 4.39 Å². The number of ether oxygens (including phenoxy) is 2. The van der Waals surface area contributed by atoms with Crippen molar-refractivity contribution in [2.75, 3.05) is 14.2 Å². The minimum Gasteiger partial charge on any atom is -0.493 e. The van der Waals surface area contributed by atoms with E-state index in [9.17, 15) is 24.2 Å². The van der Waals surface area contributed by atoms with Crippen molar-refractivity contribution in [1.82, 2.24) is 0 Å². The zero-order valence-electron chi connectivity index (χ0n) is 17.4. The van der Waals surface area contributed by atoms with Crippen LogP contribution in [0, 0.1) is 11.2 Å². The number of allylic oxidation sites excluding steroid dienone is 1. The third-order valence-corrected chi connectivity index (χ3v) is 6.13. The molecule has 1 aliphatic carbocycles. The van der Waals surface area contributed by atoms with Crippen LogP contribution in [0.4, 0.5) is 4.39 Å². The summed E-state index contributed by atoms with van der Waals surface area (Å²) >= 11 is 0. The van der Waals surface area contributed by atoms with Crippen LogP contribution < -0.4 is 15.2 Å². The lowest BCUT2D eigenvalue weighted by molar-refractivity contribution is -0.152. The van der Waals surface area contributed by atoms with Crippen molar-refractivity contribution >= 4 is 11.9 Å². The fraction of sp³-hybridized carbons (Fsp3) is 0.304. The lowest BCUT2D eigenvalue weighted by Crippen LogP contribution is -2.52.